The normalized spacial score (nSPS) is 51.3. The predicted octanol–water partition coefficient (Wildman–Crippen LogP) is 7.44. The van der Waals surface area contributed by atoms with Gasteiger partial charge in [0.15, 0.2) is 5.79 Å². The summed E-state index contributed by atoms with van der Waals surface area (Å²) in [6.07, 6.45) is 14.9. The first-order valence-electron chi connectivity index (χ1n) is 13.9. The Kier molecular flexibility index (Phi) is 5.46. The molecule has 6 fully saturated rings. The van der Waals surface area contributed by atoms with Gasteiger partial charge in [0.2, 0.25) is 0 Å². The topological polar surface area (TPSA) is 29.5 Å². The van der Waals surface area contributed by atoms with Gasteiger partial charge in [0, 0.05) is 17.3 Å². The van der Waals surface area contributed by atoms with Crippen LogP contribution in [-0.2, 0) is 4.74 Å². The molecule has 31 heavy (non-hydrogen) atoms. The molecule has 1 spiro atoms. The molecule has 0 aromatic rings. The van der Waals surface area contributed by atoms with E-state index in [2.05, 4.69) is 41.5 Å². The minimum atomic E-state index is -0.876. The van der Waals surface area contributed by atoms with Gasteiger partial charge in [-0.05, 0) is 91.8 Å². The second kappa shape index (κ2) is 7.46. The highest BCUT2D eigenvalue weighted by molar-refractivity contribution is 5.17. The summed E-state index contributed by atoms with van der Waals surface area (Å²) in [5, 5.41) is 11.2. The monoisotopic (exact) mass is 430 g/mol. The van der Waals surface area contributed by atoms with Gasteiger partial charge in [0.05, 0.1) is 6.61 Å². The third kappa shape index (κ3) is 3.09. The fourth-order valence-electron chi connectivity index (χ4n) is 10.6. The third-order valence-corrected chi connectivity index (χ3v) is 12.2. The van der Waals surface area contributed by atoms with Crippen molar-refractivity contribution in [2.75, 3.05) is 6.61 Å². The predicted molar refractivity (Wildman–Crippen MR) is 127 cm³/mol. The van der Waals surface area contributed by atoms with Gasteiger partial charge in [-0.15, -0.1) is 0 Å². The highest BCUT2D eigenvalue weighted by Crippen LogP contribution is 2.73. The van der Waals surface area contributed by atoms with E-state index < -0.39 is 5.79 Å². The molecule has 2 saturated heterocycles. The smallest absolute Gasteiger partial charge is 0.170 e. The maximum absolute atomic E-state index is 11.2. The van der Waals surface area contributed by atoms with E-state index in [0.717, 1.165) is 48.5 Å². The lowest BCUT2D eigenvalue weighted by Gasteiger charge is -2.71. The molecule has 6 rings (SSSR count). The van der Waals surface area contributed by atoms with Crippen molar-refractivity contribution in [1.82, 2.24) is 0 Å². The van der Waals surface area contributed by atoms with Gasteiger partial charge in [0.1, 0.15) is 0 Å². The quantitative estimate of drug-likeness (QED) is 0.491. The fourth-order valence-corrected chi connectivity index (χ4v) is 10.6. The molecule has 0 aromatic carbocycles. The van der Waals surface area contributed by atoms with E-state index in [1.807, 2.05) is 0 Å². The van der Waals surface area contributed by atoms with Crippen LogP contribution < -0.4 is 0 Å². The Balaban J connectivity index is 1.35. The van der Waals surface area contributed by atoms with Crippen LogP contribution in [0, 0.1) is 57.7 Å². The summed E-state index contributed by atoms with van der Waals surface area (Å²) in [4.78, 5) is 0. The molecule has 0 amide bonds. The Morgan fingerprint density at radius 1 is 0.871 bits per heavy atom. The fraction of sp³-hybridized carbons (Fsp3) is 1.00. The van der Waals surface area contributed by atoms with Crippen LogP contribution >= 0.6 is 0 Å². The lowest BCUT2D eigenvalue weighted by atomic mass is 9.39. The molecule has 2 nitrogen and oxygen atoms in total. The van der Waals surface area contributed by atoms with E-state index in [1.165, 1.54) is 64.2 Å². The molecule has 4 aliphatic carbocycles. The second-order valence-corrected chi connectivity index (χ2v) is 14.1. The zero-order chi connectivity index (χ0) is 22.2. The van der Waals surface area contributed by atoms with E-state index in [1.54, 1.807) is 0 Å². The maximum Gasteiger partial charge on any atom is 0.170 e. The zero-order valence-corrected chi connectivity index (χ0v) is 21.4. The van der Waals surface area contributed by atoms with Gasteiger partial charge >= 0.3 is 0 Å². The molecule has 4 saturated carbocycles. The van der Waals surface area contributed by atoms with E-state index in [0.29, 0.717) is 16.7 Å². The number of aliphatic hydroxyl groups is 1. The van der Waals surface area contributed by atoms with Gasteiger partial charge in [-0.25, -0.2) is 0 Å². The van der Waals surface area contributed by atoms with Crippen molar-refractivity contribution in [2.24, 2.45) is 57.7 Å². The Bertz CT molecular complexity index is 672. The number of ether oxygens (including phenoxy) is 1. The zero-order valence-electron chi connectivity index (χ0n) is 21.4. The summed E-state index contributed by atoms with van der Waals surface area (Å²) in [5.41, 5.74) is 0.819. The van der Waals surface area contributed by atoms with Crippen molar-refractivity contribution in [3.8, 4) is 0 Å². The summed E-state index contributed by atoms with van der Waals surface area (Å²) < 4.78 is 6.30. The van der Waals surface area contributed by atoms with Crippen LogP contribution in [-0.4, -0.2) is 17.5 Å². The molecule has 2 heterocycles. The van der Waals surface area contributed by atoms with Crippen LogP contribution in [0.4, 0.5) is 0 Å². The molecule has 2 aliphatic heterocycles. The van der Waals surface area contributed by atoms with Crippen molar-refractivity contribution < 1.29 is 9.84 Å². The van der Waals surface area contributed by atoms with E-state index in [4.69, 9.17) is 4.74 Å². The van der Waals surface area contributed by atoms with Crippen LogP contribution in [0.1, 0.15) is 112 Å². The van der Waals surface area contributed by atoms with E-state index >= 15 is 0 Å². The van der Waals surface area contributed by atoms with Crippen molar-refractivity contribution >= 4 is 0 Å². The van der Waals surface area contributed by atoms with E-state index in [-0.39, 0.29) is 5.41 Å². The third-order valence-electron chi connectivity index (χ3n) is 12.2. The molecular weight excluding hydrogens is 380 g/mol. The van der Waals surface area contributed by atoms with Gasteiger partial charge in [-0.2, -0.15) is 0 Å². The van der Waals surface area contributed by atoms with Crippen LogP contribution in [0.15, 0.2) is 0 Å². The van der Waals surface area contributed by atoms with Gasteiger partial charge < -0.3 is 9.84 Å². The number of hydrogen-bond acceptors (Lipinski definition) is 2. The van der Waals surface area contributed by atoms with Crippen LogP contribution in [0.5, 0.6) is 0 Å². The van der Waals surface area contributed by atoms with Crippen LogP contribution in [0.3, 0.4) is 0 Å². The number of hydrogen-bond donors (Lipinski definition) is 1. The highest BCUT2D eigenvalue weighted by atomic mass is 16.6. The molecule has 0 radical (unpaired) electrons. The van der Waals surface area contributed by atoms with Crippen molar-refractivity contribution in [2.45, 2.75) is 118 Å². The molecule has 178 valence electrons. The molecule has 6 aliphatic rings. The van der Waals surface area contributed by atoms with Crippen LogP contribution in [0.25, 0.3) is 0 Å². The maximum atomic E-state index is 11.2. The van der Waals surface area contributed by atoms with E-state index in [9.17, 15) is 5.11 Å². The standard InChI is InChI=1S/C29H50O2/c1-19(2)8-7-9-20(3)22-11-12-23-21-10-13-25-26(4,5)29(30)17-16-28(25,18-31-29)24(21)14-15-27(22,23)6/h19-25,30H,7-18H2,1-6H3/t20-,21+,22-,23+,24+,25+,27-,28+,29?/m1/s1. The largest absolute Gasteiger partial charge is 0.365 e. The Labute approximate surface area is 192 Å². The highest BCUT2D eigenvalue weighted by Gasteiger charge is 2.71. The number of fused-ring (bicyclic) bond motifs is 5. The Morgan fingerprint density at radius 2 is 1.65 bits per heavy atom. The van der Waals surface area contributed by atoms with Crippen molar-refractivity contribution in [1.29, 1.82) is 0 Å². The first kappa shape index (κ1) is 22.7. The molecule has 2 heteroatoms. The average Bonchev–Trinajstić information content (AvgIpc) is 3.06. The molecule has 9 atom stereocenters. The summed E-state index contributed by atoms with van der Waals surface area (Å²) in [7, 11) is 0. The molecule has 2 bridgehead atoms. The molecule has 1 unspecified atom stereocenters. The minimum absolute atomic E-state index is 0.0988. The van der Waals surface area contributed by atoms with Crippen LogP contribution in [0.2, 0.25) is 0 Å². The van der Waals surface area contributed by atoms with Gasteiger partial charge in [0.25, 0.3) is 0 Å². The SMILES string of the molecule is CC(C)CCC[C@@H](C)[C@H]1CC[C@H]2[C@@H]3CC[C@H]4C(C)(C)C5(O)CC[C@]4(CO5)[C@H]3CC[C@]12C. The first-order chi connectivity index (χ1) is 14.6. The first-order valence-corrected chi connectivity index (χ1v) is 13.9. The lowest BCUT2D eigenvalue weighted by Crippen LogP contribution is -2.71. The Morgan fingerprint density at radius 3 is 2.32 bits per heavy atom. The summed E-state index contributed by atoms with van der Waals surface area (Å²) in [6.45, 7) is 15.5. The average molecular weight is 431 g/mol. The summed E-state index contributed by atoms with van der Waals surface area (Å²) >= 11 is 0. The van der Waals surface area contributed by atoms with Crippen molar-refractivity contribution in [3.05, 3.63) is 0 Å². The summed E-state index contributed by atoms with van der Waals surface area (Å²) in [5.74, 6) is 5.13. The lowest BCUT2D eigenvalue weighted by molar-refractivity contribution is -0.391. The molecular formula is C29H50O2. The minimum Gasteiger partial charge on any atom is -0.365 e. The molecule has 1 N–H and O–H groups in total. The summed E-state index contributed by atoms with van der Waals surface area (Å²) in [6, 6.07) is 0. The van der Waals surface area contributed by atoms with Gasteiger partial charge in [-0.1, -0.05) is 60.8 Å². The van der Waals surface area contributed by atoms with Gasteiger partial charge in [-0.3, -0.25) is 0 Å². The van der Waals surface area contributed by atoms with Crippen molar-refractivity contribution in [3.63, 3.8) is 0 Å². The second-order valence-electron chi connectivity index (χ2n) is 14.1. The molecule has 0 aromatic heterocycles. The Hall–Kier alpha value is -0.0800. The number of rotatable bonds is 5.